The van der Waals surface area contributed by atoms with Gasteiger partial charge in [-0.1, -0.05) is 24.3 Å². The Morgan fingerprint density at radius 2 is 1.80 bits per heavy atom. The van der Waals surface area contributed by atoms with Crippen molar-refractivity contribution in [3.05, 3.63) is 65.7 Å². The van der Waals surface area contributed by atoms with E-state index in [1.54, 1.807) is 37.4 Å². The minimum absolute atomic E-state index is 0.0785. The number of likely N-dealkylation sites (N-methyl/N-ethyl adjacent to an activating group) is 1. The summed E-state index contributed by atoms with van der Waals surface area (Å²) >= 11 is 0. The van der Waals surface area contributed by atoms with Gasteiger partial charge in [0, 0.05) is 24.4 Å². The van der Waals surface area contributed by atoms with Crippen LogP contribution in [0.15, 0.2) is 48.5 Å². The number of hydrogen-bond donors (Lipinski definition) is 1. The molecule has 104 valence electrons. The second kappa shape index (κ2) is 5.69. The fraction of sp³-hybridized carbons (Fsp3) is 0.133. The molecule has 0 aliphatic heterocycles. The summed E-state index contributed by atoms with van der Waals surface area (Å²) in [5.74, 6) is -2.82. The molecule has 0 spiro atoms. The molecule has 20 heavy (non-hydrogen) atoms. The smallest absolute Gasteiger partial charge is 0.331 e. The Kier molecular flexibility index (Phi) is 3.98. The molecule has 0 saturated carbocycles. The molecule has 0 fully saturated rings. The van der Waals surface area contributed by atoms with Gasteiger partial charge < -0.3 is 10.0 Å². The highest BCUT2D eigenvalue weighted by Gasteiger charge is 2.28. The molecule has 0 radical (unpaired) electrons. The van der Waals surface area contributed by atoms with Gasteiger partial charge in [-0.15, -0.1) is 0 Å². The average Bonchev–Trinajstić information content (AvgIpc) is 2.42. The Morgan fingerprint density at radius 1 is 1.15 bits per heavy atom. The van der Waals surface area contributed by atoms with Crippen LogP contribution in [0.4, 0.5) is 14.5 Å². The van der Waals surface area contributed by atoms with E-state index < -0.39 is 23.6 Å². The Bertz CT molecular complexity index is 617. The lowest BCUT2D eigenvalue weighted by Crippen LogP contribution is -2.31. The Morgan fingerprint density at radius 3 is 2.35 bits per heavy atom. The molecule has 0 aromatic heterocycles. The first kappa shape index (κ1) is 14.0. The number of nitrogens with zero attached hydrogens (tertiary/aromatic N) is 1. The maximum Gasteiger partial charge on any atom is 0.331 e. The topological polar surface area (TPSA) is 40.5 Å². The van der Waals surface area contributed by atoms with Crippen molar-refractivity contribution in [1.82, 2.24) is 0 Å². The van der Waals surface area contributed by atoms with E-state index in [9.17, 15) is 18.7 Å². The van der Waals surface area contributed by atoms with Crippen molar-refractivity contribution in [2.45, 2.75) is 6.04 Å². The summed E-state index contributed by atoms with van der Waals surface area (Å²) in [5, 5.41) is 9.35. The van der Waals surface area contributed by atoms with Crippen LogP contribution >= 0.6 is 0 Å². The summed E-state index contributed by atoms with van der Waals surface area (Å²) in [4.78, 5) is 12.9. The van der Waals surface area contributed by atoms with E-state index in [-0.39, 0.29) is 5.56 Å². The third-order valence-corrected chi connectivity index (χ3v) is 3.04. The summed E-state index contributed by atoms with van der Waals surface area (Å²) in [5.41, 5.74) is 0.550. The number of hydrogen-bond acceptors (Lipinski definition) is 2. The number of carbonyl (C=O) groups is 1. The SMILES string of the molecule is CN(c1ccccc1)C(C(=O)O)c1ccc(F)cc1F. The van der Waals surface area contributed by atoms with Crippen molar-refractivity contribution in [3.8, 4) is 0 Å². The molecule has 0 aliphatic carbocycles. The quantitative estimate of drug-likeness (QED) is 0.932. The van der Waals surface area contributed by atoms with Crippen molar-refractivity contribution in [3.63, 3.8) is 0 Å². The summed E-state index contributed by atoms with van der Waals surface area (Å²) in [6, 6.07) is 10.4. The highest BCUT2D eigenvalue weighted by atomic mass is 19.1. The molecule has 3 nitrogen and oxygen atoms in total. The predicted octanol–water partition coefficient (Wildman–Crippen LogP) is 3.23. The zero-order chi connectivity index (χ0) is 14.7. The molecule has 0 heterocycles. The second-order valence-corrected chi connectivity index (χ2v) is 4.35. The van der Waals surface area contributed by atoms with Crippen molar-refractivity contribution < 1.29 is 18.7 Å². The van der Waals surface area contributed by atoms with E-state index in [2.05, 4.69) is 0 Å². The molecule has 1 atom stereocenters. The van der Waals surface area contributed by atoms with Crippen LogP contribution in [0, 0.1) is 11.6 Å². The van der Waals surface area contributed by atoms with E-state index in [1.165, 1.54) is 4.90 Å². The van der Waals surface area contributed by atoms with E-state index in [1.807, 2.05) is 0 Å². The van der Waals surface area contributed by atoms with Crippen LogP contribution in [0.2, 0.25) is 0 Å². The molecule has 5 heteroatoms. The van der Waals surface area contributed by atoms with Gasteiger partial charge in [0.2, 0.25) is 0 Å². The van der Waals surface area contributed by atoms with Crippen molar-refractivity contribution in [2.75, 3.05) is 11.9 Å². The molecule has 0 saturated heterocycles. The fourth-order valence-corrected chi connectivity index (χ4v) is 2.04. The third kappa shape index (κ3) is 2.77. The lowest BCUT2D eigenvalue weighted by Gasteiger charge is -2.27. The standard InChI is InChI=1S/C15H13F2NO2/c1-18(11-5-3-2-4-6-11)14(15(19)20)12-8-7-10(16)9-13(12)17/h2-9,14H,1H3,(H,19,20). The fourth-order valence-electron chi connectivity index (χ4n) is 2.04. The zero-order valence-electron chi connectivity index (χ0n) is 10.8. The van der Waals surface area contributed by atoms with E-state index in [0.29, 0.717) is 11.8 Å². The average molecular weight is 277 g/mol. The van der Waals surface area contributed by atoms with E-state index >= 15 is 0 Å². The predicted molar refractivity (Wildman–Crippen MR) is 71.6 cm³/mol. The Labute approximate surface area is 115 Å². The van der Waals surface area contributed by atoms with E-state index in [0.717, 1.165) is 12.1 Å². The van der Waals surface area contributed by atoms with Crippen LogP contribution in [-0.2, 0) is 4.79 Å². The highest BCUT2D eigenvalue weighted by molar-refractivity contribution is 5.80. The molecule has 1 N–H and O–H groups in total. The first-order valence-corrected chi connectivity index (χ1v) is 5.96. The number of para-hydroxylation sites is 1. The van der Waals surface area contributed by atoms with Crippen molar-refractivity contribution in [2.24, 2.45) is 0 Å². The van der Waals surface area contributed by atoms with Gasteiger partial charge in [-0.25, -0.2) is 13.6 Å². The maximum absolute atomic E-state index is 13.8. The molecule has 0 bridgehead atoms. The van der Waals surface area contributed by atoms with Crippen molar-refractivity contribution in [1.29, 1.82) is 0 Å². The number of carboxylic acids is 1. The number of anilines is 1. The zero-order valence-corrected chi connectivity index (χ0v) is 10.8. The lowest BCUT2D eigenvalue weighted by atomic mass is 10.0. The number of carboxylic acid groups (broad SMARTS) is 1. The minimum atomic E-state index is -1.22. The molecular weight excluding hydrogens is 264 g/mol. The van der Waals surface area contributed by atoms with Crippen LogP contribution in [0.5, 0.6) is 0 Å². The van der Waals surface area contributed by atoms with E-state index in [4.69, 9.17) is 0 Å². The second-order valence-electron chi connectivity index (χ2n) is 4.35. The monoisotopic (exact) mass is 277 g/mol. The largest absolute Gasteiger partial charge is 0.479 e. The molecular formula is C15H13F2NO2. The number of rotatable bonds is 4. The van der Waals surface area contributed by atoms with Gasteiger partial charge in [-0.2, -0.15) is 0 Å². The molecule has 1 unspecified atom stereocenters. The van der Waals surface area contributed by atoms with Crippen LogP contribution in [0.1, 0.15) is 11.6 Å². The van der Waals surface area contributed by atoms with Gasteiger partial charge in [0.15, 0.2) is 6.04 Å². The van der Waals surface area contributed by atoms with Crippen LogP contribution in [0.25, 0.3) is 0 Å². The van der Waals surface area contributed by atoms with Crippen LogP contribution < -0.4 is 4.90 Å². The number of halogens is 2. The molecule has 0 aliphatic rings. The summed E-state index contributed by atoms with van der Waals surface area (Å²) in [6.07, 6.45) is 0. The van der Waals surface area contributed by atoms with Crippen molar-refractivity contribution >= 4 is 11.7 Å². The third-order valence-electron chi connectivity index (χ3n) is 3.04. The highest BCUT2D eigenvalue weighted by Crippen LogP contribution is 2.27. The summed E-state index contributed by atoms with van der Waals surface area (Å²) < 4.78 is 26.7. The van der Waals surface area contributed by atoms with Gasteiger partial charge in [-0.3, -0.25) is 0 Å². The van der Waals surface area contributed by atoms with Gasteiger partial charge in [-0.05, 0) is 18.2 Å². The van der Waals surface area contributed by atoms with Gasteiger partial charge >= 0.3 is 5.97 Å². The minimum Gasteiger partial charge on any atom is -0.479 e. The Hall–Kier alpha value is -2.43. The van der Waals surface area contributed by atoms with Gasteiger partial charge in [0.25, 0.3) is 0 Å². The van der Waals surface area contributed by atoms with Gasteiger partial charge in [0.05, 0.1) is 0 Å². The van der Waals surface area contributed by atoms with Gasteiger partial charge in [0.1, 0.15) is 11.6 Å². The molecule has 2 aromatic rings. The molecule has 2 rings (SSSR count). The molecule has 0 amide bonds. The normalized spacial score (nSPS) is 11.9. The number of aliphatic carboxylic acids is 1. The molecule has 2 aromatic carbocycles. The lowest BCUT2D eigenvalue weighted by molar-refractivity contribution is -0.138. The first-order valence-electron chi connectivity index (χ1n) is 5.96. The first-order chi connectivity index (χ1) is 9.50. The Balaban J connectivity index is 2.44. The van der Waals surface area contributed by atoms with Crippen LogP contribution in [0.3, 0.4) is 0 Å². The number of benzene rings is 2. The summed E-state index contributed by atoms with van der Waals surface area (Å²) in [7, 11) is 1.55. The summed E-state index contributed by atoms with van der Waals surface area (Å²) in [6.45, 7) is 0. The van der Waals surface area contributed by atoms with Crippen LogP contribution in [-0.4, -0.2) is 18.1 Å². The maximum atomic E-state index is 13.8.